The molecule has 0 aromatic heterocycles. The lowest BCUT2D eigenvalue weighted by Crippen LogP contribution is -2.50. The van der Waals surface area contributed by atoms with Crippen molar-refractivity contribution < 1.29 is 9.90 Å². The Balaban J connectivity index is 1.39. The lowest BCUT2D eigenvalue weighted by molar-refractivity contribution is 0.140. The van der Waals surface area contributed by atoms with E-state index in [4.69, 9.17) is 5.11 Å². The number of nitrogens with one attached hydrogen (secondary N) is 1. The van der Waals surface area contributed by atoms with E-state index in [-0.39, 0.29) is 12.6 Å². The Bertz CT molecular complexity index is 390. The lowest BCUT2D eigenvalue weighted by atomic mass is 9.98. The van der Waals surface area contributed by atoms with Crippen LogP contribution in [0.1, 0.15) is 64.2 Å². The number of carbonyl (C=O) groups excluding carboxylic acids is 1. The van der Waals surface area contributed by atoms with Crippen molar-refractivity contribution in [3.05, 3.63) is 0 Å². The maximum Gasteiger partial charge on any atom is 0.317 e. The number of nitrogens with zero attached hydrogens (tertiary/aromatic N) is 2. The highest BCUT2D eigenvalue weighted by atomic mass is 16.3. The van der Waals surface area contributed by atoms with E-state index in [0.717, 1.165) is 70.7 Å². The monoisotopic (exact) mass is 337 g/mol. The molecular weight excluding hydrogens is 302 g/mol. The number of carbonyl (C=O) groups is 1. The summed E-state index contributed by atoms with van der Waals surface area (Å²) >= 11 is 0. The topological polar surface area (TPSA) is 55.8 Å². The van der Waals surface area contributed by atoms with Crippen molar-refractivity contribution in [2.24, 2.45) is 5.92 Å². The number of urea groups is 1. The third-order valence-corrected chi connectivity index (χ3v) is 6.37. The quantitative estimate of drug-likeness (QED) is 0.829. The molecule has 1 saturated carbocycles. The Morgan fingerprint density at radius 1 is 0.917 bits per heavy atom. The lowest BCUT2D eigenvalue weighted by Gasteiger charge is -2.37. The summed E-state index contributed by atoms with van der Waals surface area (Å²) in [4.78, 5) is 17.2. The van der Waals surface area contributed by atoms with Gasteiger partial charge in [0.2, 0.25) is 0 Å². The van der Waals surface area contributed by atoms with Crippen LogP contribution in [0.2, 0.25) is 0 Å². The number of likely N-dealkylation sites (tertiary alicyclic amines) is 2. The van der Waals surface area contributed by atoms with E-state index in [1.54, 1.807) is 0 Å². The van der Waals surface area contributed by atoms with E-state index in [1.807, 2.05) is 4.90 Å². The molecule has 3 fully saturated rings. The van der Waals surface area contributed by atoms with Gasteiger partial charge in [0.05, 0.1) is 0 Å². The number of piperidine rings is 1. The minimum absolute atomic E-state index is 0.138. The van der Waals surface area contributed by atoms with Crippen LogP contribution in [-0.2, 0) is 0 Å². The van der Waals surface area contributed by atoms with Crippen LogP contribution in [0.3, 0.4) is 0 Å². The minimum atomic E-state index is 0.138. The number of aliphatic hydroxyl groups excluding tert-OH is 1. The number of rotatable bonds is 4. The van der Waals surface area contributed by atoms with Crippen LogP contribution in [-0.4, -0.2) is 65.8 Å². The first-order valence-electron chi connectivity index (χ1n) is 10.2. The highest BCUT2D eigenvalue weighted by Crippen LogP contribution is 2.26. The van der Waals surface area contributed by atoms with Gasteiger partial charge in [0.25, 0.3) is 0 Å². The second kappa shape index (κ2) is 9.04. The van der Waals surface area contributed by atoms with Gasteiger partial charge < -0.3 is 20.2 Å². The van der Waals surface area contributed by atoms with E-state index in [2.05, 4.69) is 10.2 Å². The molecule has 2 amide bonds. The van der Waals surface area contributed by atoms with Crippen LogP contribution in [0.15, 0.2) is 0 Å². The van der Waals surface area contributed by atoms with Crippen LogP contribution in [0.25, 0.3) is 0 Å². The van der Waals surface area contributed by atoms with Crippen LogP contribution >= 0.6 is 0 Å². The average molecular weight is 338 g/mol. The fraction of sp³-hybridized carbons (Fsp3) is 0.947. The Morgan fingerprint density at radius 2 is 1.67 bits per heavy atom. The highest BCUT2D eigenvalue weighted by molar-refractivity contribution is 5.74. The molecule has 0 aromatic rings. The largest absolute Gasteiger partial charge is 0.396 e. The van der Waals surface area contributed by atoms with E-state index in [0.29, 0.717) is 12.0 Å². The number of aliphatic hydroxyl groups is 1. The number of hydrogen-bond acceptors (Lipinski definition) is 3. The molecule has 0 spiro atoms. The molecule has 0 aromatic carbocycles. The molecule has 24 heavy (non-hydrogen) atoms. The summed E-state index contributed by atoms with van der Waals surface area (Å²) in [5.41, 5.74) is 0. The summed E-state index contributed by atoms with van der Waals surface area (Å²) in [6.45, 7) is 4.28. The molecule has 5 heteroatoms. The summed E-state index contributed by atoms with van der Waals surface area (Å²) < 4.78 is 0. The van der Waals surface area contributed by atoms with Crippen molar-refractivity contribution in [3.8, 4) is 0 Å². The van der Waals surface area contributed by atoms with Crippen molar-refractivity contribution >= 4 is 6.03 Å². The second-order valence-electron chi connectivity index (χ2n) is 7.99. The van der Waals surface area contributed by atoms with Gasteiger partial charge >= 0.3 is 6.03 Å². The van der Waals surface area contributed by atoms with Crippen molar-refractivity contribution in [1.82, 2.24) is 15.1 Å². The first-order chi connectivity index (χ1) is 11.8. The standard InChI is InChI=1S/C19H35N3O2/c23-15-10-16-4-3-11-22(12-7-16)19(24)20-17-8-13-21(14-9-17)18-5-1-2-6-18/h16-18,23H,1-15H2,(H,20,24). The molecule has 2 heterocycles. The van der Waals surface area contributed by atoms with Gasteiger partial charge in [0.15, 0.2) is 0 Å². The van der Waals surface area contributed by atoms with E-state index < -0.39 is 0 Å². The molecular formula is C19H35N3O2. The molecule has 138 valence electrons. The van der Waals surface area contributed by atoms with Crippen molar-refractivity contribution in [2.45, 2.75) is 76.3 Å². The molecule has 2 aliphatic heterocycles. The van der Waals surface area contributed by atoms with Gasteiger partial charge in [-0.2, -0.15) is 0 Å². The molecule has 3 rings (SSSR count). The molecule has 3 aliphatic rings. The predicted molar refractivity (Wildman–Crippen MR) is 96.0 cm³/mol. The number of hydrogen-bond donors (Lipinski definition) is 2. The third kappa shape index (κ3) is 4.85. The molecule has 5 nitrogen and oxygen atoms in total. The van der Waals surface area contributed by atoms with Crippen molar-refractivity contribution in [3.63, 3.8) is 0 Å². The van der Waals surface area contributed by atoms with Gasteiger partial charge in [-0.05, 0) is 57.3 Å². The summed E-state index contributed by atoms with van der Waals surface area (Å²) in [6, 6.07) is 1.31. The Hall–Kier alpha value is -0.810. The van der Waals surface area contributed by atoms with Gasteiger partial charge in [-0.3, -0.25) is 0 Å². The summed E-state index contributed by atoms with van der Waals surface area (Å²) in [5, 5.41) is 12.4. The minimum Gasteiger partial charge on any atom is -0.396 e. The smallest absolute Gasteiger partial charge is 0.317 e. The van der Waals surface area contributed by atoms with Gasteiger partial charge in [0, 0.05) is 44.9 Å². The van der Waals surface area contributed by atoms with E-state index in [1.165, 1.54) is 25.7 Å². The van der Waals surface area contributed by atoms with Crippen LogP contribution in [0.5, 0.6) is 0 Å². The zero-order valence-electron chi connectivity index (χ0n) is 15.1. The van der Waals surface area contributed by atoms with Crippen molar-refractivity contribution in [2.75, 3.05) is 32.8 Å². The van der Waals surface area contributed by atoms with Gasteiger partial charge in [-0.25, -0.2) is 4.79 Å². The van der Waals surface area contributed by atoms with Gasteiger partial charge in [-0.15, -0.1) is 0 Å². The molecule has 2 saturated heterocycles. The summed E-state index contributed by atoms with van der Waals surface area (Å²) in [5.74, 6) is 0.586. The first kappa shape index (κ1) is 18.0. The summed E-state index contributed by atoms with van der Waals surface area (Å²) in [7, 11) is 0. The molecule has 0 radical (unpaired) electrons. The second-order valence-corrected chi connectivity index (χ2v) is 7.99. The highest BCUT2D eigenvalue weighted by Gasteiger charge is 2.29. The Morgan fingerprint density at radius 3 is 2.38 bits per heavy atom. The van der Waals surface area contributed by atoms with Gasteiger partial charge in [-0.1, -0.05) is 12.8 Å². The Kier molecular flexibility index (Phi) is 6.78. The van der Waals surface area contributed by atoms with Crippen LogP contribution in [0, 0.1) is 5.92 Å². The predicted octanol–water partition coefficient (Wildman–Crippen LogP) is 2.59. The fourth-order valence-corrected chi connectivity index (χ4v) is 4.78. The molecule has 1 atom stereocenters. The normalized spacial score (nSPS) is 28.0. The average Bonchev–Trinajstić information content (AvgIpc) is 3.03. The molecule has 1 aliphatic carbocycles. The third-order valence-electron chi connectivity index (χ3n) is 6.37. The summed E-state index contributed by atoms with van der Waals surface area (Å²) in [6.07, 6.45) is 11.9. The fourth-order valence-electron chi connectivity index (χ4n) is 4.78. The maximum atomic E-state index is 12.6. The molecule has 0 bridgehead atoms. The van der Waals surface area contributed by atoms with E-state index in [9.17, 15) is 4.79 Å². The van der Waals surface area contributed by atoms with Crippen LogP contribution in [0.4, 0.5) is 4.79 Å². The first-order valence-corrected chi connectivity index (χ1v) is 10.2. The van der Waals surface area contributed by atoms with E-state index >= 15 is 0 Å². The zero-order chi connectivity index (χ0) is 16.8. The zero-order valence-corrected chi connectivity index (χ0v) is 15.1. The van der Waals surface area contributed by atoms with Crippen molar-refractivity contribution in [1.29, 1.82) is 0 Å². The molecule has 2 N–H and O–H groups in total. The number of amides is 2. The molecule has 1 unspecified atom stereocenters. The van der Waals surface area contributed by atoms with Crippen LogP contribution < -0.4 is 5.32 Å². The SMILES string of the molecule is O=C(NC1CCN(C2CCCC2)CC1)N1CCCC(CCO)CC1. The van der Waals surface area contributed by atoms with Gasteiger partial charge in [0.1, 0.15) is 0 Å². The maximum absolute atomic E-state index is 12.6. The Labute approximate surface area is 146 Å².